The molecule has 2 heterocycles. The third-order valence-corrected chi connectivity index (χ3v) is 4.64. The zero-order valence-corrected chi connectivity index (χ0v) is 12.6. The lowest BCUT2D eigenvalue weighted by molar-refractivity contribution is -0.342. The monoisotopic (exact) mass is 330 g/mol. The van der Waals surface area contributed by atoms with Crippen LogP contribution in [0.25, 0.3) is 0 Å². The van der Waals surface area contributed by atoms with Crippen molar-refractivity contribution in [3.8, 4) is 0 Å². The smallest absolute Gasteiger partial charge is 0.211 e. The summed E-state index contributed by atoms with van der Waals surface area (Å²) in [6.45, 7) is 1.12. The van der Waals surface area contributed by atoms with Crippen LogP contribution in [0.15, 0.2) is 24.0 Å². The summed E-state index contributed by atoms with van der Waals surface area (Å²) in [7, 11) is 0. The molecule has 1 fully saturated rings. The molecule has 0 saturated carbocycles. The van der Waals surface area contributed by atoms with Crippen LogP contribution in [0.2, 0.25) is 0 Å². The van der Waals surface area contributed by atoms with Gasteiger partial charge < -0.3 is 39.7 Å². The van der Waals surface area contributed by atoms with Crippen molar-refractivity contribution in [2.75, 3.05) is 6.61 Å². The standard InChI is InChI=1S/C15H22O8/c1-15(20)4-2-7-3-5-21-13(9(7)15)23-14-12(19)11(18)10(17)8(6-16)22-14/h2-3,5,8-14,16-20H,4,6H2,1H3/t8-,9-,10-,11+,12-,13+,14+,15+/m1/s1. The van der Waals surface area contributed by atoms with Crippen molar-refractivity contribution in [2.24, 2.45) is 5.92 Å². The summed E-state index contributed by atoms with van der Waals surface area (Å²) in [6, 6.07) is 0. The minimum atomic E-state index is -1.52. The molecule has 0 bridgehead atoms. The molecule has 23 heavy (non-hydrogen) atoms. The van der Waals surface area contributed by atoms with Crippen LogP contribution >= 0.6 is 0 Å². The highest BCUT2D eigenvalue weighted by molar-refractivity contribution is 5.32. The predicted octanol–water partition coefficient (Wildman–Crippen LogP) is -1.63. The summed E-state index contributed by atoms with van der Waals surface area (Å²) in [6.07, 6.45) is -2.29. The lowest BCUT2D eigenvalue weighted by Crippen LogP contribution is -2.60. The van der Waals surface area contributed by atoms with Gasteiger partial charge >= 0.3 is 0 Å². The number of rotatable bonds is 3. The zero-order valence-electron chi connectivity index (χ0n) is 12.6. The van der Waals surface area contributed by atoms with Crippen LogP contribution in [0.5, 0.6) is 0 Å². The van der Waals surface area contributed by atoms with Crippen LogP contribution in [0.4, 0.5) is 0 Å². The maximum Gasteiger partial charge on any atom is 0.211 e. The number of aliphatic hydroxyl groups is 5. The highest BCUT2D eigenvalue weighted by atomic mass is 16.8. The Morgan fingerprint density at radius 1 is 1.22 bits per heavy atom. The minimum absolute atomic E-state index is 0.440. The first-order valence-electron chi connectivity index (χ1n) is 7.55. The van der Waals surface area contributed by atoms with Gasteiger partial charge in [-0.25, -0.2) is 0 Å². The Balaban J connectivity index is 1.75. The normalized spacial score (nSPS) is 49.5. The van der Waals surface area contributed by atoms with Crippen molar-refractivity contribution >= 4 is 0 Å². The third kappa shape index (κ3) is 2.91. The van der Waals surface area contributed by atoms with Gasteiger partial charge in [0.2, 0.25) is 6.29 Å². The number of allylic oxidation sites excluding steroid dienone is 1. The van der Waals surface area contributed by atoms with Crippen molar-refractivity contribution in [1.29, 1.82) is 0 Å². The Morgan fingerprint density at radius 3 is 2.65 bits per heavy atom. The van der Waals surface area contributed by atoms with Crippen LogP contribution in [-0.2, 0) is 14.2 Å². The highest BCUT2D eigenvalue weighted by Gasteiger charge is 2.50. The Bertz CT molecular complexity index is 500. The Hall–Kier alpha value is -1.00. The predicted molar refractivity (Wildman–Crippen MR) is 75.7 cm³/mol. The largest absolute Gasteiger partial charge is 0.472 e. The summed E-state index contributed by atoms with van der Waals surface area (Å²) in [5.41, 5.74) is -0.213. The second-order valence-electron chi connectivity index (χ2n) is 6.38. The molecule has 1 saturated heterocycles. The number of hydrogen-bond donors (Lipinski definition) is 5. The lowest BCUT2D eigenvalue weighted by atomic mass is 9.86. The molecule has 0 aromatic rings. The second-order valence-corrected chi connectivity index (χ2v) is 6.38. The fraction of sp³-hybridized carbons (Fsp3) is 0.733. The van der Waals surface area contributed by atoms with Gasteiger partial charge in [0, 0.05) is 0 Å². The van der Waals surface area contributed by atoms with E-state index in [4.69, 9.17) is 14.2 Å². The third-order valence-electron chi connectivity index (χ3n) is 4.64. The van der Waals surface area contributed by atoms with Gasteiger partial charge in [0.25, 0.3) is 0 Å². The molecule has 8 atom stereocenters. The van der Waals surface area contributed by atoms with E-state index >= 15 is 0 Å². The fourth-order valence-electron chi connectivity index (χ4n) is 3.26. The molecule has 0 unspecified atom stereocenters. The van der Waals surface area contributed by atoms with E-state index in [1.807, 2.05) is 6.08 Å². The van der Waals surface area contributed by atoms with E-state index < -0.39 is 55.1 Å². The van der Waals surface area contributed by atoms with Gasteiger partial charge in [-0.3, -0.25) is 0 Å². The second kappa shape index (κ2) is 6.14. The molecule has 130 valence electrons. The van der Waals surface area contributed by atoms with Gasteiger partial charge in [-0.05, 0) is 25.0 Å². The SMILES string of the molecule is C[C@]1(O)CC=C2C=CO[C@@H](O[C@@H]3O[C@H](CO)[C@@H](O)[C@H](O)[C@H]3O)[C@@H]21. The molecule has 2 aliphatic heterocycles. The Labute approximate surface area is 133 Å². The van der Waals surface area contributed by atoms with E-state index in [1.54, 1.807) is 13.0 Å². The van der Waals surface area contributed by atoms with Crippen LogP contribution in [0.1, 0.15) is 13.3 Å². The molecule has 3 rings (SSSR count). The van der Waals surface area contributed by atoms with Crippen molar-refractivity contribution in [3.05, 3.63) is 24.0 Å². The molecule has 0 aromatic carbocycles. The fourth-order valence-corrected chi connectivity index (χ4v) is 3.26. The van der Waals surface area contributed by atoms with Gasteiger partial charge in [0.1, 0.15) is 24.4 Å². The van der Waals surface area contributed by atoms with Gasteiger partial charge in [0.15, 0.2) is 6.29 Å². The molecule has 0 radical (unpaired) electrons. The average molecular weight is 330 g/mol. The molecule has 0 spiro atoms. The molecule has 0 aromatic heterocycles. The molecular weight excluding hydrogens is 308 g/mol. The Kier molecular flexibility index (Phi) is 4.49. The van der Waals surface area contributed by atoms with E-state index in [0.29, 0.717) is 6.42 Å². The minimum Gasteiger partial charge on any atom is -0.472 e. The summed E-state index contributed by atoms with van der Waals surface area (Å²) < 4.78 is 16.3. The Morgan fingerprint density at radius 2 is 1.96 bits per heavy atom. The topological polar surface area (TPSA) is 129 Å². The average Bonchev–Trinajstić information content (AvgIpc) is 2.84. The van der Waals surface area contributed by atoms with E-state index in [1.165, 1.54) is 6.26 Å². The molecule has 5 N–H and O–H groups in total. The van der Waals surface area contributed by atoms with Gasteiger partial charge in [0.05, 0.1) is 24.4 Å². The van der Waals surface area contributed by atoms with E-state index in [0.717, 1.165) is 5.57 Å². The number of ether oxygens (including phenoxy) is 3. The van der Waals surface area contributed by atoms with Crippen molar-refractivity contribution in [3.63, 3.8) is 0 Å². The molecule has 8 heteroatoms. The summed E-state index contributed by atoms with van der Waals surface area (Å²) >= 11 is 0. The molecule has 1 aliphatic carbocycles. The maximum atomic E-state index is 10.5. The van der Waals surface area contributed by atoms with Crippen LogP contribution in [0, 0.1) is 5.92 Å². The summed E-state index contributed by atoms with van der Waals surface area (Å²) in [5, 5.41) is 49.3. The van der Waals surface area contributed by atoms with E-state index in [9.17, 15) is 25.5 Å². The highest BCUT2D eigenvalue weighted by Crippen LogP contribution is 2.42. The molecular formula is C15H22O8. The van der Waals surface area contributed by atoms with Gasteiger partial charge in [-0.1, -0.05) is 6.08 Å². The van der Waals surface area contributed by atoms with Gasteiger partial charge in [-0.2, -0.15) is 0 Å². The quantitative estimate of drug-likeness (QED) is 0.417. The van der Waals surface area contributed by atoms with Crippen LogP contribution in [-0.4, -0.2) is 74.7 Å². The van der Waals surface area contributed by atoms with Crippen LogP contribution in [0.3, 0.4) is 0 Å². The van der Waals surface area contributed by atoms with Crippen LogP contribution < -0.4 is 0 Å². The number of hydrogen-bond acceptors (Lipinski definition) is 8. The first kappa shape index (κ1) is 16.8. The lowest BCUT2D eigenvalue weighted by Gasteiger charge is -2.43. The van der Waals surface area contributed by atoms with Crippen molar-refractivity contribution < 1.29 is 39.7 Å². The van der Waals surface area contributed by atoms with E-state index in [2.05, 4.69) is 0 Å². The summed E-state index contributed by atoms with van der Waals surface area (Å²) in [4.78, 5) is 0. The molecule has 3 aliphatic rings. The number of aliphatic hydroxyl groups excluding tert-OH is 4. The van der Waals surface area contributed by atoms with Gasteiger partial charge in [-0.15, -0.1) is 0 Å². The van der Waals surface area contributed by atoms with Crippen molar-refractivity contribution in [1.82, 2.24) is 0 Å². The zero-order chi connectivity index (χ0) is 16.8. The first-order valence-corrected chi connectivity index (χ1v) is 7.55. The maximum absolute atomic E-state index is 10.5. The van der Waals surface area contributed by atoms with Crippen molar-refractivity contribution in [2.45, 2.75) is 55.9 Å². The number of fused-ring (bicyclic) bond motifs is 1. The summed E-state index contributed by atoms with van der Waals surface area (Å²) in [5.74, 6) is -0.472. The molecule has 0 amide bonds. The first-order chi connectivity index (χ1) is 10.8. The molecule has 8 nitrogen and oxygen atoms in total. The van der Waals surface area contributed by atoms with E-state index in [-0.39, 0.29) is 0 Å².